The van der Waals surface area contributed by atoms with Crippen LogP contribution < -0.4 is 4.74 Å². The highest BCUT2D eigenvalue weighted by molar-refractivity contribution is 5.91. The van der Waals surface area contributed by atoms with E-state index in [1.165, 1.54) is 12.0 Å². The van der Waals surface area contributed by atoms with Gasteiger partial charge in [-0.3, -0.25) is 4.79 Å². The van der Waals surface area contributed by atoms with Gasteiger partial charge in [0.05, 0.1) is 5.92 Å². The number of rotatable bonds is 5. The van der Waals surface area contributed by atoms with Crippen molar-refractivity contribution in [1.29, 1.82) is 0 Å². The van der Waals surface area contributed by atoms with Gasteiger partial charge in [0.2, 0.25) is 0 Å². The van der Waals surface area contributed by atoms with Crippen LogP contribution in [0.1, 0.15) is 37.7 Å². The van der Waals surface area contributed by atoms with Gasteiger partial charge in [-0.2, -0.15) is 0 Å². The highest BCUT2D eigenvalue weighted by Crippen LogP contribution is 2.31. The number of fused-ring (bicyclic) bond motifs is 1. The molecule has 0 atom stereocenters. The van der Waals surface area contributed by atoms with Crippen LogP contribution in [0.4, 0.5) is 0 Å². The van der Waals surface area contributed by atoms with Gasteiger partial charge in [-0.15, -0.1) is 0 Å². The number of ether oxygens (including phenoxy) is 1. The molecule has 3 rings (SSSR count). The number of hydrogen-bond acceptors (Lipinski definition) is 3. The summed E-state index contributed by atoms with van der Waals surface area (Å²) in [5.74, 6) is 0.716. The molecule has 0 aliphatic heterocycles. The van der Waals surface area contributed by atoms with E-state index in [2.05, 4.69) is 24.0 Å². The number of nitrogens with zero attached hydrogens (tertiary/aromatic N) is 1. The van der Waals surface area contributed by atoms with Crippen molar-refractivity contribution in [2.24, 2.45) is 5.92 Å². The van der Waals surface area contributed by atoms with Crippen molar-refractivity contribution in [3.05, 3.63) is 30.0 Å². The van der Waals surface area contributed by atoms with Gasteiger partial charge in [-0.05, 0) is 51.1 Å². The summed E-state index contributed by atoms with van der Waals surface area (Å²) in [6.45, 7) is 0.970. The van der Waals surface area contributed by atoms with Crippen molar-refractivity contribution >= 4 is 16.9 Å². The molecule has 1 aromatic heterocycles. The Labute approximate surface area is 137 Å². The first-order valence-electron chi connectivity index (χ1n) is 8.60. The van der Waals surface area contributed by atoms with Crippen LogP contribution >= 0.6 is 0 Å². The normalized spacial score (nSPS) is 16.1. The zero-order valence-corrected chi connectivity index (χ0v) is 14.1. The fourth-order valence-electron chi connectivity index (χ4n) is 3.38. The summed E-state index contributed by atoms with van der Waals surface area (Å²) in [6.07, 6.45) is 8.43. The van der Waals surface area contributed by atoms with Gasteiger partial charge in [0.1, 0.15) is 5.75 Å². The van der Waals surface area contributed by atoms with E-state index in [1.807, 2.05) is 24.4 Å². The number of aromatic nitrogens is 1. The molecule has 1 aliphatic rings. The van der Waals surface area contributed by atoms with Gasteiger partial charge in [0.25, 0.3) is 0 Å². The Morgan fingerprint density at radius 1 is 1.26 bits per heavy atom. The van der Waals surface area contributed by atoms with E-state index < -0.39 is 0 Å². The smallest absolute Gasteiger partial charge is 0.314 e. The van der Waals surface area contributed by atoms with Crippen molar-refractivity contribution in [3.8, 4) is 5.75 Å². The maximum Gasteiger partial charge on any atom is 0.314 e. The average Bonchev–Trinajstić information content (AvgIpc) is 2.98. The molecule has 124 valence electrons. The van der Waals surface area contributed by atoms with Gasteiger partial charge in [-0.1, -0.05) is 25.3 Å². The van der Waals surface area contributed by atoms with Crippen LogP contribution in [0.15, 0.2) is 24.4 Å². The van der Waals surface area contributed by atoms with Crippen molar-refractivity contribution in [2.45, 2.75) is 38.5 Å². The summed E-state index contributed by atoms with van der Waals surface area (Å²) in [4.78, 5) is 17.9. The topological polar surface area (TPSA) is 45.3 Å². The third-order valence-electron chi connectivity index (χ3n) is 4.73. The SMILES string of the molecule is CN(C)CCc1c[nH]c2cccc(OC(=O)C3CCCCC3)c12. The minimum atomic E-state index is -0.0584. The van der Waals surface area contributed by atoms with Crippen LogP contribution in [0.3, 0.4) is 0 Å². The summed E-state index contributed by atoms with van der Waals surface area (Å²) in [5, 5.41) is 1.05. The average molecular weight is 314 g/mol. The van der Waals surface area contributed by atoms with Crippen molar-refractivity contribution in [1.82, 2.24) is 9.88 Å². The fraction of sp³-hybridized carbons (Fsp3) is 0.526. The lowest BCUT2D eigenvalue weighted by Gasteiger charge is -2.20. The third-order valence-corrected chi connectivity index (χ3v) is 4.73. The third kappa shape index (κ3) is 3.75. The fourth-order valence-corrected chi connectivity index (χ4v) is 3.38. The number of esters is 1. The Kier molecular flexibility index (Phi) is 5.01. The summed E-state index contributed by atoms with van der Waals surface area (Å²) in [5.41, 5.74) is 2.24. The number of aromatic amines is 1. The molecule has 0 saturated heterocycles. The Morgan fingerprint density at radius 3 is 2.78 bits per heavy atom. The summed E-state index contributed by atoms with van der Waals surface area (Å²) in [6, 6.07) is 5.89. The summed E-state index contributed by atoms with van der Waals surface area (Å²) < 4.78 is 5.80. The molecule has 0 bridgehead atoms. The maximum atomic E-state index is 12.5. The molecule has 0 amide bonds. The van der Waals surface area contributed by atoms with Crippen LogP contribution in [0.5, 0.6) is 5.75 Å². The number of benzene rings is 1. The number of carbonyl (C=O) groups is 1. The maximum absolute atomic E-state index is 12.5. The van der Waals surface area contributed by atoms with Gasteiger partial charge in [-0.25, -0.2) is 0 Å². The predicted molar refractivity (Wildman–Crippen MR) is 92.8 cm³/mol. The van der Waals surface area contributed by atoms with Crippen LogP contribution in [0.2, 0.25) is 0 Å². The molecule has 0 spiro atoms. The Balaban J connectivity index is 1.81. The standard InChI is InChI=1S/C19H26N2O2/c1-21(2)12-11-15-13-20-16-9-6-10-17(18(15)16)23-19(22)14-7-4-3-5-8-14/h6,9-10,13-14,20H,3-5,7-8,11-12H2,1-2H3. The lowest BCUT2D eigenvalue weighted by atomic mass is 9.89. The molecule has 1 N–H and O–H groups in total. The summed E-state index contributed by atoms with van der Waals surface area (Å²) >= 11 is 0. The van der Waals surface area contributed by atoms with E-state index in [-0.39, 0.29) is 11.9 Å². The molecule has 1 aliphatic carbocycles. The second-order valence-electron chi connectivity index (χ2n) is 6.80. The zero-order valence-electron chi connectivity index (χ0n) is 14.1. The quantitative estimate of drug-likeness (QED) is 0.675. The number of carbonyl (C=O) groups excluding carboxylic acids is 1. The van der Waals surface area contributed by atoms with Crippen molar-refractivity contribution < 1.29 is 9.53 Å². The predicted octanol–water partition coefficient (Wildman–Crippen LogP) is 3.76. The van der Waals surface area contributed by atoms with Crippen molar-refractivity contribution in [3.63, 3.8) is 0 Å². The Morgan fingerprint density at radius 2 is 2.04 bits per heavy atom. The lowest BCUT2D eigenvalue weighted by molar-refractivity contribution is -0.139. The van der Waals surface area contributed by atoms with Crippen LogP contribution in [0.25, 0.3) is 10.9 Å². The van der Waals surface area contributed by atoms with Crippen molar-refractivity contribution in [2.75, 3.05) is 20.6 Å². The number of nitrogens with one attached hydrogen (secondary N) is 1. The van der Waals surface area contributed by atoms with E-state index in [1.54, 1.807) is 0 Å². The first kappa shape index (κ1) is 16.1. The molecule has 23 heavy (non-hydrogen) atoms. The molecular formula is C19H26N2O2. The summed E-state index contributed by atoms with van der Waals surface area (Å²) in [7, 11) is 4.14. The number of hydrogen-bond donors (Lipinski definition) is 1. The van der Waals surface area contributed by atoms with E-state index in [0.29, 0.717) is 5.75 Å². The van der Waals surface area contributed by atoms with E-state index in [0.717, 1.165) is 49.6 Å². The molecule has 4 heteroatoms. The molecule has 0 radical (unpaired) electrons. The highest BCUT2D eigenvalue weighted by Gasteiger charge is 2.24. The monoisotopic (exact) mass is 314 g/mol. The number of H-pyrrole nitrogens is 1. The van der Waals surface area contributed by atoms with E-state index in [9.17, 15) is 4.79 Å². The molecule has 0 unspecified atom stereocenters. The van der Waals surface area contributed by atoms with Crippen LogP contribution in [-0.2, 0) is 11.2 Å². The Hall–Kier alpha value is -1.81. The lowest BCUT2D eigenvalue weighted by Crippen LogP contribution is -2.22. The van der Waals surface area contributed by atoms with Crippen LogP contribution in [-0.4, -0.2) is 36.5 Å². The first-order chi connectivity index (χ1) is 11.1. The number of likely N-dealkylation sites (N-methyl/N-ethyl adjacent to an activating group) is 1. The second-order valence-corrected chi connectivity index (χ2v) is 6.80. The highest BCUT2D eigenvalue weighted by atomic mass is 16.5. The second kappa shape index (κ2) is 7.18. The largest absolute Gasteiger partial charge is 0.426 e. The first-order valence-corrected chi connectivity index (χ1v) is 8.60. The molecule has 1 fully saturated rings. The minimum absolute atomic E-state index is 0.0584. The van der Waals surface area contributed by atoms with Gasteiger partial charge in [0, 0.05) is 23.6 Å². The van der Waals surface area contributed by atoms with Gasteiger partial charge >= 0.3 is 5.97 Å². The van der Waals surface area contributed by atoms with Gasteiger partial charge < -0.3 is 14.6 Å². The molecular weight excluding hydrogens is 288 g/mol. The Bertz CT molecular complexity index is 669. The minimum Gasteiger partial charge on any atom is -0.426 e. The molecule has 1 aromatic carbocycles. The molecule has 4 nitrogen and oxygen atoms in total. The zero-order chi connectivity index (χ0) is 16.2. The van der Waals surface area contributed by atoms with E-state index in [4.69, 9.17) is 4.74 Å². The molecule has 1 saturated carbocycles. The molecule has 1 heterocycles. The van der Waals surface area contributed by atoms with E-state index >= 15 is 0 Å². The van der Waals surface area contributed by atoms with Crippen LogP contribution in [0, 0.1) is 5.92 Å². The molecule has 2 aromatic rings. The van der Waals surface area contributed by atoms with Gasteiger partial charge in [0.15, 0.2) is 0 Å².